The molecule has 0 spiro atoms. The van der Waals surface area contributed by atoms with Gasteiger partial charge in [-0.05, 0) is 30.9 Å². The normalized spacial score (nSPS) is 25.8. The maximum absolute atomic E-state index is 9.86. The van der Waals surface area contributed by atoms with Gasteiger partial charge in [-0.15, -0.1) is 0 Å². The van der Waals surface area contributed by atoms with Crippen molar-refractivity contribution in [3.05, 3.63) is 17.8 Å². The lowest BCUT2D eigenvalue weighted by atomic mass is 9.96. The minimum absolute atomic E-state index is 0.257. The number of nitrogens with zero attached hydrogens (tertiary/aromatic N) is 2. The van der Waals surface area contributed by atoms with E-state index in [1.165, 1.54) is 0 Å². The van der Waals surface area contributed by atoms with Crippen molar-refractivity contribution < 1.29 is 5.11 Å². The van der Waals surface area contributed by atoms with E-state index in [9.17, 15) is 5.11 Å². The summed E-state index contributed by atoms with van der Waals surface area (Å²) in [4.78, 5) is 6.49. The number of hydrogen-bond donors (Lipinski definition) is 2. The van der Waals surface area contributed by atoms with Crippen molar-refractivity contribution in [2.45, 2.75) is 26.4 Å². The van der Waals surface area contributed by atoms with Crippen molar-refractivity contribution in [3.8, 4) is 0 Å². The molecule has 0 radical (unpaired) electrons. The zero-order valence-electron chi connectivity index (χ0n) is 9.85. The summed E-state index contributed by atoms with van der Waals surface area (Å²) in [6.45, 7) is 5.71. The predicted molar refractivity (Wildman–Crippen MR) is 65.4 cm³/mol. The monoisotopic (exact) mass is 221 g/mol. The molecule has 16 heavy (non-hydrogen) atoms. The first-order valence-corrected chi connectivity index (χ1v) is 5.73. The number of pyridine rings is 1. The van der Waals surface area contributed by atoms with Gasteiger partial charge in [0.25, 0.3) is 0 Å². The van der Waals surface area contributed by atoms with Gasteiger partial charge in [0, 0.05) is 13.1 Å². The number of anilines is 2. The van der Waals surface area contributed by atoms with Crippen LogP contribution >= 0.6 is 0 Å². The molecule has 0 bridgehead atoms. The Morgan fingerprint density at radius 1 is 1.56 bits per heavy atom. The Hall–Kier alpha value is -1.29. The van der Waals surface area contributed by atoms with Crippen LogP contribution in [0.3, 0.4) is 0 Å². The third kappa shape index (κ3) is 2.11. The van der Waals surface area contributed by atoms with Crippen LogP contribution in [-0.4, -0.2) is 29.3 Å². The van der Waals surface area contributed by atoms with Gasteiger partial charge in [0.05, 0.1) is 18.0 Å². The van der Waals surface area contributed by atoms with Gasteiger partial charge in [0.15, 0.2) is 0 Å². The second-order valence-corrected chi connectivity index (χ2v) is 4.69. The van der Waals surface area contributed by atoms with E-state index in [-0.39, 0.29) is 6.10 Å². The van der Waals surface area contributed by atoms with E-state index in [1.807, 2.05) is 13.0 Å². The number of nitrogens with two attached hydrogens (primary N) is 1. The highest BCUT2D eigenvalue weighted by Gasteiger charge is 2.25. The molecular weight excluding hydrogens is 202 g/mol. The van der Waals surface area contributed by atoms with Crippen LogP contribution < -0.4 is 10.6 Å². The number of rotatable bonds is 1. The summed E-state index contributed by atoms with van der Waals surface area (Å²) in [5.41, 5.74) is 7.43. The molecule has 88 valence electrons. The van der Waals surface area contributed by atoms with E-state index in [0.717, 1.165) is 24.3 Å². The number of nitrogen functional groups attached to an aromatic ring is 1. The summed E-state index contributed by atoms with van der Waals surface area (Å²) in [5.74, 6) is 1.32. The molecule has 1 aliphatic rings. The average molecular weight is 221 g/mol. The van der Waals surface area contributed by atoms with E-state index < -0.39 is 0 Å². The summed E-state index contributed by atoms with van der Waals surface area (Å²) in [6, 6.07) is 1.92. The molecule has 2 heterocycles. The molecule has 2 rings (SSSR count). The first kappa shape index (κ1) is 11.2. The van der Waals surface area contributed by atoms with Gasteiger partial charge in [-0.2, -0.15) is 0 Å². The first-order chi connectivity index (χ1) is 7.58. The molecule has 1 fully saturated rings. The van der Waals surface area contributed by atoms with E-state index in [2.05, 4.69) is 16.8 Å². The van der Waals surface area contributed by atoms with E-state index in [0.29, 0.717) is 18.2 Å². The number of aliphatic hydroxyl groups excluding tert-OH is 1. The number of hydrogen-bond acceptors (Lipinski definition) is 4. The molecule has 2 unspecified atom stereocenters. The molecule has 4 heteroatoms. The molecule has 0 aromatic carbocycles. The van der Waals surface area contributed by atoms with Crippen molar-refractivity contribution >= 4 is 11.5 Å². The molecule has 0 amide bonds. The van der Waals surface area contributed by atoms with Crippen LogP contribution in [0.15, 0.2) is 12.3 Å². The maximum Gasteiger partial charge on any atom is 0.131 e. The Balaban J connectivity index is 2.18. The summed E-state index contributed by atoms with van der Waals surface area (Å²) >= 11 is 0. The van der Waals surface area contributed by atoms with Gasteiger partial charge < -0.3 is 15.7 Å². The highest BCUT2D eigenvalue weighted by atomic mass is 16.3. The van der Waals surface area contributed by atoms with Gasteiger partial charge in [-0.3, -0.25) is 0 Å². The molecule has 1 aromatic heterocycles. The van der Waals surface area contributed by atoms with Gasteiger partial charge in [0.1, 0.15) is 5.82 Å². The van der Waals surface area contributed by atoms with Crippen LogP contribution in [0.4, 0.5) is 11.5 Å². The van der Waals surface area contributed by atoms with Crippen LogP contribution in [0.2, 0.25) is 0 Å². The van der Waals surface area contributed by atoms with E-state index >= 15 is 0 Å². The molecule has 1 aliphatic heterocycles. The lowest BCUT2D eigenvalue weighted by Gasteiger charge is -2.35. The average Bonchev–Trinajstić information content (AvgIpc) is 2.22. The smallest absolute Gasteiger partial charge is 0.131 e. The number of β-amino-alcohol motifs (C(OH)–C–C–N with tert-alkyl or cyclic N) is 1. The molecule has 1 saturated heterocycles. The Kier molecular flexibility index (Phi) is 3.01. The van der Waals surface area contributed by atoms with Crippen LogP contribution in [0.25, 0.3) is 0 Å². The molecule has 0 saturated carbocycles. The second kappa shape index (κ2) is 4.29. The van der Waals surface area contributed by atoms with E-state index in [1.54, 1.807) is 6.20 Å². The van der Waals surface area contributed by atoms with Gasteiger partial charge >= 0.3 is 0 Å². The number of aryl methyl sites for hydroxylation is 1. The Morgan fingerprint density at radius 3 is 2.94 bits per heavy atom. The standard InChI is InChI=1S/C12H19N3O/c1-8-3-4-15(7-11(8)16)12-9(2)5-10(13)6-14-12/h5-6,8,11,16H,3-4,7,13H2,1-2H3. The lowest BCUT2D eigenvalue weighted by Crippen LogP contribution is -2.43. The van der Waals surface area contributed by atoms with Crippen molar-refractivity contribution in [3.63, 3.8) is 0 Å². The zero-order chi connectivity index (χ0) is 11.7. The minimum Gasteiger partial charge on any atom is -0.397 e. The summed E-state index contributed by atoms with van der Waals surface area (Å²) < 4.78 is 0. The SMILES string of the molecule is Cc1cc(N)cnc1N1CCC(C)C(O)C1. The zero-order valence-corrected chi connectivity index (χ0v) is 9.85. The van der Waals surface area contributed by atoms with Crippen molar-refractivity contribution in [2.75, 3.05) is 23.7 Å². The molecule has 2 atom stereocenters. The number of aromatic nitrogens is 1. The fourth-order valence-electron chi connectivity index (χ4n) is 2.16. The Morgan fingerprint density at radius 2 is 2.31 bits per heavy atom. The fraction of sp³-hybridized carbons (Fsp3) is 0.583. The fourth-order valence-corrected chi connectivity index (χ4v) is 2.16. The topological polar surface area (TPSA) is 62.4 Å². The van der Waals surface area contributed by atoms with Crippen LogP contribution in [0.5, 0.6) is 0 Å². The third-order valence-electron chi connectivity index (χ3n) is 3.29. The first-order valence-electron chi connectivity index (χ1n) is 5.73. The van der Waals surface area contributed by atoms with Crippen LogP contribution in [0, 0.1) is 12.8 Å². The molecule has 0 aliphatic carbocycles. The quantitative estimate of drug-likeness (QED) is 0.747. The van der Waals surface area contributed by atoms with E-state index in [4.69, 9.17) is 5.73 Å². The lowest BCUT2D eigenvalue weighted by molar-refractivity contribution is 0.102. The molecule has 3 N–H and O–H groups in total. The Bertz CT molecular complexity index is 381. The summed E-state index contributed by atoms with van der Waals surface area (Å²) in [6.07, 6.45) is 2.42. The van der Waals surface area contributed by atoms with Crippen molar-refractivity contribution in [1.29, 1.82) is 0 Å². The highest BCUT2D eigenvalue weighted by Crippen LogP contribution is 2.25. The summed E-state index contributed by atoms with van der Waals surface area (Å²) in [7, 11) is 0. The van der Waals surface area contributed by atoms with Crippen LogP contribution in [-0.2, 0) is 0 Å². The van der Waals surface area contributed by atoms with Crippen molar-refractivity contribution in [2.24, 2.45) is 5.92 Å². The summed E-state index contributed by atoms with van der Waals surface area (Å²) in [5, 5.41) is 9.86. The minimum atomic E-state index is -0.257. The second-order valence-electron chi connectivity index (χ2n) is 4.69. The molecule has 1 aromatic rings. The van der Waals surface area contributed by atoms with Crippen LogP contribution in [0.1, 0.15) is 18.9 Å². The Labute approximate surface area is 96.1 Å². The van der Waals surface area contributed by atoms with Gasteiger partial charge in [-0.25, -0.2) is 4.98 Å². The maximum atomic E-state index is 9.86. The largest absolute Gasteiger partial charge is 0.397 e. The third-order valence-corrected chi connectivity index (χ3v) is 3.29. The molecular formula is C12H19N3O. The highest BCUT2D eigenvalue weighted by molar-refractivity contribution is 5.52. The van der Waals surface area contributed by atoms with Gasteiger partial charge in [0.2, 0.25) is 0 Å². The van der Waals surface area contributed by atoms with Crippen molar-refractivity contribution in [1.82, 2.24) is 4.98 Å². The number of piperidine rings is 1. The number of aliphatic hydroxyl groups is 1. The molecule has 4 nitrogen and oxygen atoms in total. The predicted octanol–water partition coefficient (Wildman–Crippen LogP) is 1.18. The van der Waals surface area contributed by atoms with Gasteiger partial charge in [-0.1, -0.05) is 6.92 Å².